The van der Waals surface area contributed by atoms with E-state index in [-0.39, 0.29) is 0 Å². The molecule has 1 heterocycles. The lowest BCUT2D eigenvalue weighted by atomic mass is 10.2. The number of pyridine rings is 1. The maximum Gasteiger partial charge on any atom is 0.136 e. The fraction of sp³-hybridized carbons (Fsp3) is 0.0625. The van der Waals surface area contributed by atoms with E-state index in [1.165, 1.54) is 0 Å². The predicted octanol–water partition coefficient (Wildman–Crippen LogP) is 4.04. The van der Waals surface area contributed by atoms with Crippen LogP contribution in [-0.2, 0) is 0 Å². The van der Waals surface area contributed by atoms with E-state index in [0.717, 1.165) is 28.2 Å². The van der Waals surface area contributed by atoms with Gasteiger partial charge in [-0.1, -0.05) is 12.1 Å². The third-order valence-corrected chi connectivity index (χ3v) is 2.87. The Bertz CT molecular complexity index is 704. The molecular weight excluding hydrogens is 238 g/mol. The van der Waals surface area contributed by atoms with Gasteiger partial charge in [-0.2, -0.15) is 0 Å². The smallest absolute Gasteiger partial charge is 0.136 e. The Labute approximate surface area is 111 Å². The maximum atomic E-state index is 5.91. The van der Waals surface area contributed by atoms with Gasteiger partial charge in [0.2, 0.25) is 0 Å². The molecule has 0 radical (unpaired) electrons. The average Bonchev–Trinajstić information content (AvgIpc) is 2.48. The molecule has 0 aliphatic carbocycles. The Morgan fingerprint density at radius 1 is 0.895 bits per heavy atom. The molecule has 0 aliphatic rings. The monoisotopic (exact) mass is 251 g/mol. The first-order valence-electron chi connectivity index (χ1n) is 6.02. The van der Waals surface area contributed by atoms with Crippen molar-refractivity contribution in [3.63, 3.8) is 0 Å². The van der Waals surface area contributed by atoms with Gasteiger partial charge in [0.05, 0.1) is 12.6 Å². The van der Waals surface area contributed by atoms with Gasteiger partial charge < -0.3 is 9.47 Å². The highest BCUT2D eigenvalue weighted by Crippen LogP contribution is 2.30. The summed E-state index contributed by atoms with van der Waals surface area (Å²) in [5.41, 5.74) is 0.919. The van der Waals surface area contributed by atoms with Gasteiger partial charge in [-0.15, -0.1) is 0 Å². The normalized spacial score (nSPS) is 10.4. The minimum atomic E-state index is 0.746. The third-order valence-electron chi connectivity index (χ3n) is 2.87. The molecule has 0 amide bonds. The van der Waals surface area contributed by atoms with Gasteiger partial charge in [0, 0.05) is 17.6 Å². The summed E-state index contributed by atoms with van der Waals surface area (Å²) in [7, 11) is 1.64. The van der Waals surface area contributed by atoms with Crippen molar-refractivity contribution < 1.29 is 9.47 Å². The molecule has 94 valence electrons. The van der Waals surface area contributed by atoms with Crippen LogP contribution in [0.3, 0.4) is 0 Å². The average molecular weight is 251 g/mol. The highest BCUT2D eigenvalue weighted by Gasteiger charge is 2.04. The van der Waals surface area contributed by atoms with Crippen LogP contribution >= 0.6 is 0 Å². The summed E-state index contributed by atoms with van der Waals surface area (Å²) >= 11 is 0. The van der Waals surface area contributed by atoms with E-state index in [4.69, 9.17) is 9.47 Å². The quantitative estimate of drug-likeness (QED) is 0.704. The molecule has 3 aromatic rings. The van der Waals surface area contributed by atoms with Crippen LogP contribution in [0.1, 0.15) is 0 Å². The van der Waals surface area contributed by atoms with E-state index in [0.29, 0.717) is 0 Å². The van der Waals surface area contributed by atoms with E-state index in [2.05, 4.69) is 4.98 Å². The lowest BCUT2D eigenvalue weighted by Crippen LogP contribution is -1.88. The van der Waals surface area contributed by atoms with Crippen LogP contribution in [0, 0.1) is 0 Å². The van der Waals surface area contributed by atoms with Crippen molar-refractivity contribution in [1.29, 1.82) is 0 Å². The maximum absolute atomic E-state index is 5.91. The molecule has 0 saturated carbocycles. The summed E-state index contributed by atoms with van der Waals surface area (Å²) in [5, 5.41) is 0.993. The minimum Gasteiger partial charge on any atom is -0.497 e. The molecule has 2 aromatic carbocycles. The number of nitrogens with zero attached hydrogens (tertiary/aromatic N) is 1. The molecule has 0 bridgehead atoms. The molecule has 0 spiro atoms. The van der Waals surface area contributed by atoms with Gasteiger partial charge in [0.25, 0.3) is 0 Å². The molecular formula is C16H13NO2. The van der Waals surface area contributed by atoms with Crippen molar-refractivity contribution in [2.45, 2.75) is 0 Å². The molecule has 0 saturated heterocycles. The largest absolute Gasteiger partial charge is 0.497 e. The molecule has 0 N–H and O–H groups in total. The van der Waals surface area contributed by atoms with Gasteiger partial charge in [-0.05, 0) is 36.4 Å². The zero-order chi connectivity index (χ0) is 13.1. The second-order valence-electron chi connectivity index (χ2n) is 4.11. The number of methoxy groups -OCH3 is 1. The number of hydrogen-bond acceptors (Lipinski definition) is 3. The van der Waals surface area contributed by atoms with Crippen LogP contribution < -0.4 is 9.47 Å². The zero-order valence-corrected chi connectivity index (χ0v) is 10.5. The van der Waals surface area contributed by atoms with Crippen LogP contribution in [0.15, 0.2) is 60.8 Å². The highest BCUT2D eigenvalue weighted by atomic mass is 16.5. The number of aromatic nitrogens is 1. The number of hydrogen-bond donors (Lipinski definition) is 0. The molecule has 3 rings (SSSR count). The Morgan fingerprint density at radius 2 is 1.74 bits per heavy atom. The number of ether oxygens (including phenoxy) is 2. The van der Waals surface area contributed by atoms with Crippen LogP contribution in [0.5, 0.6) is 17.2 Å². The van der Waals surface area contributed by atoms with Gasteiger partial charge in [-0.3, -0.25) is 4.98 Å². The fourth-order valence-electron chi connectivity index (χ4n) is 1.96. The van der Waals surface area contributed by atoms with E-state index >= 15 is 0 Å². The summed E-state index contributed by atoms with van der Waals surface area (Å²) in [6, 6.07) is 17.3. The number of rotatable bonds is 3. The SMILES string of the molecule is COc1cccc(Oc2cccc3ncccc23)c1. The summed E-state index contributed by atoms with van der Waals surface area (Å²) in [6.07, 6.45) is 1.78. The van der Waals surface area contributed by atoms with Crippen LogP contribution in [0.2, 0.25) is 0 Å². The van der Waals surface area contributed by atoms with Gasteiger partial charge >= 0.3 is 0 Å². The number of benzene rings is 2. The van der Waals surface area contributed by atoms with Crippen molar-refractivity contribution in [2.75, 3.05) is 7.11 Å². The highest BCUT2D eigenvalue weighted by molar-refractivity contribution is 5.85. The minimum absolute atomic E-state index is 0.746. The summed E-state index contributed by atoms with van der Waals surface area (Å²) in [6.45, 7) is 0. The first kappa shape index (κ1) is 11.5. The Morgan fingerprint density at radius 3 is 2.63 bits per heavy atom. The summed E-state index contributed by atoms with van der Waals surface area (Å²) in [4.78, 5) is 4.31. The fourth-order valence-corrected chi connectivity index (χ4v) is 1.96. The van der Waals surface area contributed by atoms with E-state index in [1.807, 2.05) is 54.6 Å². The van der Waals surface area contributed by atoms with Gasteiger partial charge in [-0.25, -0.2) is 0 Å². The summed E-state index contributed by atoms with van der Waals surface area (Å²) < 4.78 is 11.1. The molecule has 1 aromatic heterocycles. The van der Waals surface area contributed by atoms with Crippen LogP contribution in [0.25, 0.3) is 10.9 Å². The number of fused-ring (bicyclic) bond motifs is 1. The van der Waals surface area contributed by atoms with E-state index in [9.17, 15) is 0 Å². The van der Waals surface area contributed by atoms with Crippen molar-refractivity contribution >= 4 is 10.9 Å². The topological polar surface area (TPSA) is 31.4 Å². The second kappa shape index (κ2) is 4.98. The Balaban J connectivity index is 2.01. The van der Waals surface area contributed by atoms with Gasteiger partial charge in [0.1, 0.15) is 17.2 Å². The second-order valence-corrected chi connectivity index (χ2v) is 4.11. The molecule has 3 nitrogen and oxygen atoms in total. The lowest BCUT2D eigenvalue weighted by molar-refractivity contribution is 0.409. The van der Waals surface area contributed by atoms with Crippen molar-refractivity contribution in [3.05, 3.63) is 60.8 Å². The van der Waals surface area contributed by atoms with Crippen LogP contribution in [-0.4, -0.2) is 12.1 Å². The van der Waals surface area contributed by atoms with Gasteiger partial charge in [0.15, 0.2) is 0 Å². The lowest BCUT2D eigenvalue weighted by Gasteiger charge is -2.09. The molecule has 0 atom stereocenters. The Hall–Kier alpha value is -2.55. The molecule has 0 unspecified atom stereocenters. The molecule has 0 aliphatic heterocycles. The molecule has 19 heavy (non-hydrogen) atoms. The third kappa shape index (κ3) is 2.36. The predicted molar refractivity (Wildman–Crippen MR) is 74.8 cm³/mol. The zero-order valence-electron chi connectivity index (χ0n) is 10.5. The van der Waals surface area contributed by atoms with Crippen molar-refractivity contribution in [3.8, 4) is 17.2 Å². The van der Waals surface area contributed by atoms with E-state index in [1.54, 1.807) is 13.3 Å². The Kier molecular flexibility index (Phi) is 3.02. The standard InChI is InChI=1S/C16H13NO2/c1-18-12-5-2-6-13(11-12)19-16-9-3-8-15-14(16)7-4-10-17-15/h2-11H,1H3. The first-order chi connectivity index (χ1) is 9.36. The summed E-state index contributed by atoms with van der Waals surface area (Å²) in [5.74, 6) is 2.31. The molecule has 0 fully saturated rings. The van der Waals surface area contributed by atoms with Crippen LogP contribution in [0.4, 0.5) is 0 Å². The van der Waals surface area contributed by atoms with Crippen molar-refractivity contribution in [2.24, 2.45) is 0 Å². The van der Waals surface area contributed by atoms with Crippen molar-refractivity contribution in [1.82, 2.24) is 4.98 Å². The molecule has 3 heteroatoms. The first-order valence-corrected chi connectivity index (χ1v) is 6.02. The van der Waals surface area contributed by atoms with E-state index < -0.39 is 0 Å².